The fraction of sp³-hybridized carbons (Fsp3) is 1.00. The van der Waals surface area contributed by atoms with Gasteiger partial charge in [0.1, 0.15) is 0 Å². The first kappa shape index (κ1) is 23.4. The molecule has 0 saturated carbocycles. The van der Waals surface area contributed by atoms with Crippen LogP contribution >= 0.6 is 20.5 Å². The van der Waals surface area contributed by atoms with Crippen molar-refractivity contribution >= 4 is 38.2 Å². The summed E-state index contributed by atoms with van der Waals surface area (Å²) in [4.78, 5) is 0. The molecule has 2 unspecified atom stereocenters. The van der Waals surface area contributed by atoms with Gasteiger partial charge in [0, 0.05) is 0 Å². The van der Waals surface area contributed by atoms with Gasteiger partial charge in [-0.2, -0.15) is 0 Å². The molecule has 0 radical (unpaired) electrons. The van der Waals surface area contributed by atoms with E-state index in [-0.39, 0.29) is 5.41 Å². The van der Waals surface area contributed by atoms with Crippen molar-refractivity contribution in [1.82, 2.24) is 0 Å². The molecule has 0 spiro atoms. The number of alkyl halides is 1. The molecule has 144 valence electrons. The van der Waals surface area contributed by atoms with Crippen molar-refractivity contribution in [3.63, 3.8) is 0 Å². The van der Waals surface area contributed by atoms with E-state index in [1.807, 2.05) is 0 Å². The minimum absolute atomic E-state index is 0.150. The second kappa shape index (κ2) is 11.2. The van der Waals surface area contributed by atoms with Gasteiger partial charge in [0.25, 0.3) is 0 Å². The number of hydrogen-bond donors (Lipinski definition) is 0. The molecule has 1 aliphatic heterocycles. The first-order chi connectivity index (χ1) is 11.4. The maximum atomic E-state index is 7.36. The van der Waals surface area contributed by atoms with Crippen molar-refractivity contribution in [2.75, 3.05) is 0 Å². The van der Waals surface area contributed by atoms with Gasteiger partial charge in [-0.25, -0.2) is 0 Å². The number of halogens is 2. The van der Waals surface area contributed by atoms with Crippen molar-refractivity contribution in [2.24, 2.45) is 5.41 Å². The molecule has 1 aliphatic rings. The van der Waals surface area contributed by atoms with Gasteiger partial charge in [-0.15, -0.1) is 0 Å². The van der Waals surface area contributed by atoms with Gasteiger partial charge in [-0.1, -0.05) is 0 Å². The number of hydrogen-bond acceptors (Lipinski definition) is 1. The van der Waals surface area contributed by atoms with Crippen LogP contribution in [0.4, 0.5) is 0 Å². The van der Waals surface area contributed by atoms with Crippen molar-refractivity contribution in [1.29, 1.82) is 0 Å². The van der Waals surface area contributed by atoms with E-state index in [0.717, 1.165) is 21.7 Å². The Bertz CT molecular complexity index is 345. The van der Waals surface area contributed by atoms with Crippen LogP contribution in [-0.4, -0.2) is 22.7 Å². The average Bonchev–Trinajstić information content (AvgIpc) is 2.57. The first-order valence-corrected chi connectivity index (χ1v) is 19.7. The second-order valence-corrected chi connectivity index (χ2v) is 21.6. The quantitative estimate of drug-likeness (QED) is 0.199. The van der Waals surface area contributed by atoms with Gasteiger partial charge >= 0.3 is 165 Å². The Balaban J connectivity index is 3.04. The van der Waals surface area contributed by atoms with Gasteiger partial charge in [0.05, 0.1) is 0 Å². The fourth-order valence-electron chi connectivity index (χ4n) is 4.18. The predicted octanol–water partition coefficient (Wildman–Crippen LogP) is 8.38. The summed E-state index contributed by atoms with van der Waals surface area (Å²) in [5, 5.41) is -0.489. The van der Waals surface area contributed by atoms with Crippen LogP contribution in [0.2, 0.25) is 8.87 Å². The topological polar surface area (TPSA) is 9.23 Å². The van der Waals surface area contributed by atoms with E-state index >= 15 is 0 Å². The molecule has 0 aromatic carbocycles. The molecule has 0 N–H and O–H groups in total. The number of rotatable bonds is 12. The van der Waals surface area contributed by atoms with E-state index in [1.54, 1.807) is 0 Å². The Morgan fingerprint density at radius 3 is 1.83 bits per heavy atom. The van der Waals surface area contributed by atoms with Gasteiger partial charge in [-0.3, -0.25) is 0 Å². The summed E-state index contributed by atoms with van der Waals surface area (Å²) in [6, 6.07) is 0. The van der Waals surface area contributed by atoms with Crippen molar-refractivity contribution in [3.8, 4) is 0 Å². The summed E-state index contributed by atoms with van der Waals surface area (Å²) in [7, 11) is 7.12. The Kier molecular flexibility index (Phi) is 11.0. The van der Waals surface area contributed by atoms with Crippen LogP contribution in [0.1, 0.15) is 105 Å². The normalized spacial score (nSPS) is 29.8. The molecule has 2 atom stereocenters. The molecule has 1 rings (SSSR count). The van der Waals surface area contributed by atoms with E-state index in [2.05, 4.69) is 27.7 Å². The van der Waals surface area contributed by atoms with E-state index in [9.17, 15) is 0 Å². The SMILES string of the molecule is CCCCC1(CCCC)C[CH2][Sn]([Cl])([CH2]CCC)[O]C1(Cl)CCCC. The molecule has 1 nitrogen and oxygen atoms in total. The Hall–Kier alpha value is 1.34. The molecule has 0 amide bonds. The van der Waals surface area contributed by atoms with E-state index < -0.39 is 22.7 Å². The fourth-order valence-corrected chi connectivity index (χ4v) is 17.1. The Morgan fingerprint density at radius 1 is 0.833 bits per heavy atom. The van der Waals surface area contributed by atoms with Crippen molar-refractivity contribution in [2.45, 2.75) is 119 Å². The minimum atomic E-state index is -3.00. The van der Waals surface area contributed by atoms with Crippen LogP contribution in [0.25, 0.3) is 0 Å². The van der Waals surface area contributed by atoms with Crippen molar-refractivity contribution in [3.05, 3.63) is 0 Å². The molecule has 1 saturated heterocycles. The van der Waals surface area contributed by atoms with Crippen LogP contribution < -0.4 is 0 Å². The summed E-state index contributed by atoms with van der Waals surface area (Å²) in [5.74, 6) is 0. The zero-order chi connectivity index (χ0) is 18.1. The second-order valence-electron chi connectivity index (χ2n) is 7.91. The Labute approximate surface area is 164 Å². The summed E-state index contributed by atoms with van der Waals surface area (Å²) in [6.45, 7) is 9.06. The summed E-state index contributed by atoms with van der Waals surface area (Å²) in [6.07, 6.45) is 14.3. The van der Waals surface area contributed by atoms with E-state index in [4.69, 9.17) is 23.6 Å². The zero-order valence-electron chi connectivity index (χ0n) is 16.6. The maximum absolute atomic E-state index is 7.36. The zero-order valence-corrected chi connectivity index (χ0v) is 20.9. The third-order valence-electron chi connectivity index (χ3n) is 5.89. The molecule has 0 aromatic heterocycles. The van der Waals surface area contributed by atoms with Crippen LogP contribution in [0.15, 0.2) is 0 Å². The molecule has 24 heavy (non-hydrogen) atoms. The Morgan fingerprint density at radius 2 is 1.33 bits per heavy atom. The first-order valence-electron chi connectivity index (χ1n) is 10.5. The van der Waals surface area contributed by atoms with Gasteiger partial charge < -0.3 is 0 Å². The average molecular weight is 486 g/mol. The monoisotopic (exact) mass is 486 g/mol. The van der Waals surface area contributed by atoms with Gasteiger partial charge in [0.15, 0.2) is 0 Å². The van der Waals surface area contributed by atoms with Gasteiger partial charge in [-0.05, 0) is 0 Å². The standard InChI is InChI=1S/C16H31ClO.C4H9.ClH.Sn/c1-5-9-12-15(8-4,13-10-6-2)16(17,18)14-11-7-3;1-3-4-2;;/h4-14H2,1-3H3;1,3-4H2,2H3;1H;/q-1;;;+2/p-1. The molecule has 1 heterocycles. The molecular formula is C20H40Cl2OSn. The summed E-state index contributed by atoms with van der Waals surface area (Å²) >= 11 is 4.36. The molecule has 0 aliphatic carbocycles. The predicted molar refractivity (Wildman–Crippen MR) is 111 cm³/mol. The molecule has 0 bridgehead atoms. The van der Waals surface area contributed by atoms with Crippen LogP contribution in [-0.2, 0) is 3.07 Å². The third-order valence-corrected chi connectivity index (χ3v) is 18.0. The van der Waals surface area contributed by atoms with Crippen LogP contribution in [0.5, 0.6) is 0 Å². The summed E-state index contributed by atoms with van der Waals surface area (Å²) in [5.41, 5.74) is 0.150. The molecule has 4 heteroatoms. The van der Waals surface area contributed by atoms with E-state index in [0.29, 0.717) is 0 Å². The molecule has 1 fully saturated rings. The van der Waals surface area contributed by atoms with Gasteiger partial charge in [0.2, 0.25) is 0 Å². The molecule has 0 aromatic rings. The summed E-state index contributed by atoms with van der Waals surface area (Å²) < 4.78 is 9.10. The number of unbranched alkanes of at least 4 members (excludes halogenated alkanes) is 4. The molecular weight excluding hydrogens is 446 g/mol. The van der Waals surface area contributed by atoms with E-state index in [1.165, 1.54) is 64.2 Å². The van der Waals surface area contributed by atoms with Crippen molar-refractivity contribution < 1.29 is 3.07 Å². The third kappa shape index (κ3) is 6.20. The van der Waals surface area contributed by atoms with Crippen LogP contribution in [0, 0.1) is 5.41 Å². The van der Waals surface area contributed by atoms with Crippen LogP contribution in [0.3, 0.4) is 0 Å².